The maximum Gasteiger partial charge on any atom is 0.303 e. The molecule has 1 atom stereocenters. The molecule has 3 aliphatic heterocycles. The zero-order valence-corrected chi connectivity index (χ0v) is 27.2. The molecule has 0 aromatic carbocycles. The lowest BCUT2D eigenvalue weighted by Gasteiger charge is -2.83. The van der Waals surface area contributed by atoms with Gasteiger partial charge in [-0.05, 0) is 25.3 Å². The van der Waals surface area contributed by atoms with Gasteiger partial charge >= 0.3 is 5.97 Å². The number of carbonyl (C=O) groups is 1. The van der Waals surface area contributed by atoms with Crippen molar-refractivity contribution in [3.05, 3.63) is 12.2 Å². The van der Waals surface area contributed by atoms with Crippen LogP contribution in [0.25, 0.3) is 0 Å². The molecule has 3 heterocycles. The molecule has 3 fully saturated rings. The molecule has 0 aromatic rings. The molecular weight excluding hydrogens is 453 g/mol. The van der Waals surface area contributed by atoms with Crippen molar-refractivity contribution in [3.8, 4) is 0 Å². The topological polar surface area (TPSA) is 26.3 Å². The molecule has 1 aliphatic carbocycles. The Morgan fingerprint density at radius 3 is 1.55 bits per heavy atom. The third-order valence-electron chi connectivity index (χ3n) is 11.6. The van der Waals surface area contributed by atoms with Crippen LogP contribution in [0.15, 0.2) is 12.2 Å². The van der Waals surface area contributed by atoms with Gasteiger partial charge in [-0.15, -0.1) is 0 Å². The maximum absolute atomic E-state index is 14.7. The summed E-state index contributed by atoms with van der Waals surface area (Å²) in [5.74, 6) is 0.318. The fourth-order valence-corrected chi connectivity index (χ4v) is 153. The second-order valence-electron chi connectivity index (χ2n) is 13.5. The summed E-state index contributed by atoms with van der Waals surface area (Å²) in [5, 5.41) is 0. The Labute approximate surface area is 185 Å². The summed E-state index contributed by atoms with van der Waals surface area (Å²) >= 11 is 0. The molecule has 166 valence electrons. The van der Waals surface area contributed by atoms with Crippen LogP contribution in [0.3, 0.4) is 0 Å². The largest absolute Gasteiger partial charge is 0.458 e. The predicted molar refractivity (Wildman–Crippen MR) is 144 cm³/mol. The Morgan fingerprint density at radius 1 is 0.793 bits per heavy atom. The van der Waals surface area contributed by atoms with E-state index in [4.69, 9.17) is 4.74 Å². The first-order valence-electron chi connectivity index (χ1n) is 11.7. The van der Waals surface area contributed by atoms with Gasteiger partial charge in [0.2, 0.25) is 0 Å². The van der Waals surface area contributed by atoms with Gasteiger partial charge in [0.15, 0.2) is 0 Å². The molecule has 1 unspecified atom stereocenters. The standard InChI is InChI=1S/C21H46O2Si6/c1-24(2)20-25(3,4)28(9,10)21(27(24,7)8,29(11,12)26(20,5)6)19(22)23-18-16-14-13-15-17-18/h14,16,18,20H,13,15,17H2,1-12H3. The zero-order valence-electron chi connectivity index (χ0n) is 21.2. The van der Waals surface area contributed by atoms with E-state index >= 15 is 0 Å². The van der Waals surface area contributed by atoms with Gasteiger partial charge in [-0.2, -0.15) is 0 Å². The number of fused-ring (bicyclic) bond motifs is 3. The molecule has 3 saturated heterocycles. The van der Waals surface area contributed by atoms with E-state index in [0.717, 1.165) is 24.1 Å². The van der Waals surface area contributed by atoms with Gasteiger partial charge in [-0.3, -0.25) is 4.79 Å². The number of hydrogen-bond donors (Lipinski definition) is 0. The molecule has 0 aromatic heterocycles. The minimum absolute atomic E-state index is 0.00575. The third-order valence-corrected chi connectivity index (χ3v) is 101. The van der Waals surface area contributed by atoms with E-state index in [1.54, 1.807) is 0 Å². The van der Waals surface area contributed by atoms with Crippen LogP contribution >= 0.6 is 0 Å². The van der Waals surface area contributed by atoms with Gasteiger partial charge in [0.1, 0.15) is 6.10 Å². The summed E-state index contributed by atoms with van der Waals surface area (Å²) in [6.07, 6.45) is 7.78. The van der Waals surface area contributed by atoms with E-state index in [2.05, 4.69) is 90.7 Å². The fourth-order valence-electron chi connectivity index (χ4n) is 9.45. The lowest BCUT2D eigenvalue weighted by Crippen LogP contribution is -3.01. The van der Waals surface area contributed by atoms with Crippen LogP contribution in [0, 0.1) is 0 Å². The molecular formula is C21H46O2Si6. The number of allylic oxidation sites excluding steroid dienone is 1. The van der Waals surface area contributed by atoms with E-state index in [9.17, 15) is 4.79 Å². The molecule has 4 rings (SSSR count). The first kappa shape index (κ1) is 24.2. The molecule has 2 nitrogen and oxygen atoms in total. The van der Waals surface area contributed by atoms with Crippen LogP contribution in [0.2, 0.25) is 87.6 Å². The summed E-state index contributed by atoms with van der Waals surface area (Å²) in [4.78, 5) is 15.7. The summed E-state index contributed by atoms with van der Waals surface area (Å²) in [7, 11) is -10.0. The van der Waals surface area contributed by atoms with Crippen LogP contribution < -0.4 is 0 Å². The Balaban J connectivity index is 2.34. The smallest absolute Gasteiger partial charge is 0.303 e. The van der Waals surface area contributed by atoms with Crippen molar-refractivity contribution in [1.82, 2.24) is 0 Å². The van der Waals surface area contributed by atoms with E-state index in [-0.39, 0.29) is 10.4 Å². The Kier molecular flexibility index (Phi) is 5.44. The highest BCUT2D eigenvalue weighted by Gasteiger charge is 2.89. The number of esters is 1. The third kappa shape index (κ3) is 2.45. The Bertz CT molecular complexity index is 681. The Hall–Kier alpha value is 0.511. The number of ether oxygens (including phenoxy) is 1. The van der Waals surface area contributed by atoms with Crippen molar-refractivity contribution in [2.24, 2.45) is 0 Å². The van der Waals surface area contributed by atoms with Gasteiger partial charge in [0.05, 0.1) is 22.8 Å². The minimum Gasteiger partial charge on any atom is -0.458 e. The monoisotopic (exact) mass is 498 g/mol. The van der Waals surface area contributed by atoms with E-state index < -0.39 is 45.5 Å². The van der Waals surface area contributed by atoms with Gasteiger partial charge in [0.25, 0.3) is 0 Å². The maximum atomic E-state index is 14.7. The summed E-state index contributed by atoms with van der Waals surface area (Å²) < 4.78 is 6.58. The quantitative estimate of drug-likeness (QED) is 0.249. The van der Waals surface area contributed by atoms with Crippen LogP contribution in [-0.2, 0) is 9.53 Å². The van der Waals surface area contributed by atoms with Gasteiger partial charge < -0.3 is 4.74 Å². The van der Waals surface area contributed by atoms with Crippen molar-refractivity contribution < 1.29 is 9.53 Å². The first-order chi connectivity index (χ1) is 12.9. The van der Waals surface area contributed by atoms with Crippen molar-refractivity contribution >= 4 is 51.5 Å². The molecule has 29 heavy (non-hydrogen) atoms. The molecule has 0 radical (unpaired) electrons. The summed E-state index contributed by atoms with van der Waals surface area (Å²) in [6, 6.07) is 0. The summed E-state index contributed by atoms with van der Waals surface area (Å²) in [5.41, 5.74) is 0. The molecule has 8 heteroatoms. The molecule has 0 saturated carbocycles. The van der Waals surface area contributed by atoms with Crippen LogP contribution in [0.5, 0.6) is 0 Å². The first-order valence-corrected chi connectivity index (χ1v) is 33.0. The lowest BCUT2D eigenvalue weighted by atomic mass is 10.1. The minimum atomic E-state index is -1.81. The van der Waals surface area contributed by atoms with E-state index in [0.29, 0.717) is 5.97 Å². The second-order valence-corrected chi connectivity index (χ2v) is 63.7. The van der Waals surface area contributed by atoms with Crippen LogP contribution in [-0.4, -0.2) is 57.6 Å². The van der Waals surface area contributed by atoms with E-state index in [1.807, 2.05) is 0 Å². The highest BCUT2D eigenvalue weighted by atomic mass is 29.4. The highest BCUT2D eigenvalue weighted by Crippen LogP contribution is 2.75. The molecule has 0 spiro atoms. The average molecular weight is 499 g/mol. The predicted octanol–water partition coefficient (Wildman–Crippen LogP) is 6.42. The van der Waals surface area contributed by atoms with Gasteiger partial charge in [-0.1, -0.05) is 89.4 Å². The van der Waals surface area contributed by atoms with Crippen LogP contribution in [0.4, 0.5) is 0 Å². The van der Waals surface area contributed by atoms with Crippen molar-refractivity contribution in [2.45, 2.75) is 113 Å². The average Bonchev–Trinajstić information content (AvgIpc) is 2.52. The van der Waals surface area contributed by atoms with Crippen LogP contribution in [0.1, 0.15) is 19.3 Å². The molecule has 0 amide bonds. The van der Waals surface area contributed by atoms with Crippen molar-refractivity contribution in [3.63, 3.8) is 0 Å². The highest BCUT2D eigenvalue weighted by molar-refractivity contribution is 7.78. The Morgan fingerprint density at radius 2 is 1.21 bits per heavy atom. The van der Waals surface area contributed by atoms with Crippen molar-refractivity contribution in [1.29, 1.82) is 0 Å². The second kappa shape index (κ2) is 6.52. The number of hydrogen-bond acceptors (Lipinski definition) is 2. The molecule has 2 bridgehead atoms. The van der Waals surface area contributed by atoms with Gasteiger partial charge in [-0.25, -0.2) is 0 Å². The number of rotatable bonds is 2. The summed E-state index contributed by atoms with van der Waals surface area (Å²) in [6.45, 7) is 32.4. The van der Waals surface area contributed by atoms with Gasteiger partial charge in [0, 0.05) is 27.1 Å². The molecule has 0 N–H and O–H groups in total. The number of carbonyl (C=O) groups excluding carboxylic acids is 1. The van der Waals surface area contributed by atoms with Crippen molar-refractivity contribution in [2.75, 3.05) is 0 Å². The zero-order chi connectivity index (χ0) is 22.5. The fraction of sp³-hybridized carbons (Fsp3) is 0.857. The SMILES string of the molecule is C[Si]1(C)C2[Si](C)(C)[Si](C)(C)C(C(=O)OC3C=CCCC3)([Si]1(C)C)[Si](C)(C)[Si]2(C)C. The normalized spacial score (nSPS) is 39.7. The molecule has 4 aliphatic rings. The lowest BCUT2D eigenvalue weighted by molar-refractivity contribution is -0.147. The van der Waals surface area contributed by atoms with E-state index in [1.165, 1.54) is 0 Å².